The molecule has 1 fully saturated rings. The maximum Gasteiger partial charge on any atom is 0.314 e. The van der Waals surface area contributed by atoms with Crippen molar-refractivity contribution < 1.29 is 19.2 Å². The molecule has 7 nitrogen and oxygen atoms in total. The van der Waals surface area contributed by atoms with Crippen LogP contribution in [0.15, 0.2) is 102 Å². The Bertz CT molecular complexity index is 1820. The standard InChI is InChI=1S/C36H33N3O4/c1-23-32(37-34(40)26-11-8-10-25(21-26)29-12-5-4-9-27(29)22-39(2)3)33(43-38-23)31-14-7-6-13-30(31)24-15-17-28(18-16-24)36(19-20-36)35(41)42/h4-18,21H,19-20,22H2,1-3H3,(H,37,40)(H,41,42). The predicted octanol–water partition coefficient (Wildman–Crippen LogP) is 7.41. The zero-order chi connectivity index (χ0) is 30.1. The molecule has 0 atom stereocenters. The summed E-state index contributed by atoms with van der Waals surface area (Å²) in [6.07, 6.45) is 1.31. The van der Waals surface area contributed by atoms with Crippen molar-refractivity contribution in [3.8, 4) is 33.6 Å². The van der Waals surface area contributed by atoms with Gasteiger partial charge in [0.1, 0.15) is 11.4 Å². The summed E-state index contributed by atoms with van der Waals surface area (Å²) in [7, 11) is 4.07. The first-order chi connectivity index (χ1) is 20.8. The molecule has 0 saturated heterocycles. The number of carbonyl (C=O) groups excluding carboxylic acids is 1. The van der Waals surface area contributed by atoms with Crippen molar-refractivity contribution in [2.75, 3.05) is 19.4 Å². The van der Waals surface area contributed by atoms with Crippen LogP contribution in [0.2, 0.25) is 0 Å². The Morgan fingerprint density at radius 2 is 1.53 bits per heavy atom. The second kappa shape index (κ2) is 11.3. The number of nitrogens with one attached hydrogen (secondary N) is 1. The first kappa shape index (κ1) is 28.1. The van der Waals surface area contributed by atoms with E-state index in [1.807, 2.05) is 93.0 Å². The lowest BCUT2D eigenvalue weighted by Crippen LogP contribution is -2.19. The number of aromatic nitrogens is 1. The molecule has 2 N–H and O–H groups in total. The quantitative estimate of drug-likeness (QED) is 0.191. The molecule has 1 aliphatic rings. The van der Waals surface area contributed by atoms with E-state index in [9.17, 15) is 14.7 Å². The fourth-order valence-electron chi connectivity index (χ4n) is 5.65. The minimum Gasteiger partial charge on any atom is -0.481 e. The average Bonchev–Trinajstić information content (AvgIpc) is 3.76. The fourth-order valence-corrected chi connectivity index (χ4v) is 5.65. The molecular formula is C36H33N3O4. The van der Waals surface area contributed by atoms with Gasteiger partial charge in [-0.3, -0.25) is 9.59 Å². The van der Waals surface area contributed by atoms with Crippen molar-refractivity contribution in [3.05, 3.63) is 119 Å². The summed E-state index contributed by atoms with van der Waals surface area (Å²) in [5.74, 6) is -0.576. The van der Waals surface area contributed by atoms with Crippen LogP contribution in [0.4, 0.5) is 5.69 Å². The summed E-state index contributed by atoms with van der Waals surface area (Å²) in [6.45, 7) is 2.59. The molecule has 1 aromatic heterocycles. The molecule has 0 bridgehead atoms. The topological polar surface area (TPSA) is 95.7 Å². The summed E-state index contributed by atoms with van der Waals surface area (Å²) in [6, 6.07) is 31.3. The SMILES string of the molecule is Cc1noc(-c2ccccc2-c2ccc(C3(C(=O)O)CC3)cc2)c1NC(=O)c1cccc(-c2ccccc2CN(C)C)c1. The molecule has 0 aliphatic heterocycles. The van der Waals surface area contributed by atoms with Crippen molar-refractivity contribution in [1.82, 2.24) is 10.1 Å². The van der Waals surface area contributed by atoms with Crippen LogP contribution in [0.5, 0.6) is 0 Å². The number of carboxylic acid groups (broad SMARTS) is 1. The first-order valence-corrected chi connectivity index (χ1v) is 14.3. The molecule has 4 aromatic carbocycles. The lowest BCUT2D eigenvalue weighted by molar-refractivity contribution is -0.140. The highest BCUT2D eigenvalue weighted by atomic mass is 16.5. The normalized spacial score (nSPS) is 13.6. The summed E-state index contributed by atoms with van der Waals surface area (Å²) < 4.78 is 5.80. The van der Waals surface area contributed by atoms with Crippen LogP contribution in [0.3, 0.4) is 0 Å². The van der Waals surface area contributed by atoms with E-state index in [1.54, 1.807) is 13.0 Å². The lowest BCUT2D eigenvalue weighted by atomic mass is 9.92. The van der Waals surface area contributed by atoms with Gasteiger partial charge in [-0.1, -0.05) is 90.1 Å². The number of amides is 1. The second-order valence-electron chi connectivity index (χ2n) is 11.4. The summed E-state index contributed by atoms with van der Waals surface area (Å²) in [5, 5.41) is 16.9. The number of nitrogens with zero attached hydrogens (tertiary/aromatic N) is 2. The fraction of sp³-hybridized carbons (Fsp3) is 0.194. The molecule has 7 heteroatoms. The number of benzene rings is 4. The number of carbonyl (C=O) groups is 2. The van der Waals surface area contributed by atoms with Crippen LogP contribution in [-0.2, 0) is 16.8 Å². The van der Waals surface area contributed by atoms with Crippen molar-refractivity contribution in [2.24, 2.45) is 0 Å². The lowest BCUT2D eigenvalue weighted by Gasteiger charge is -2.15. The van der Waals surface area contributed by atoms with Gasteiger partial charge in [-0.15, -0.1) is 0 Å². The van der Waals surface area contributed by atoms with Crippen molar-refractivity contribution in [2.45, 2.75) is 31.7 Å². The smallest absolute Gasteiger partial charge is 0.314 e. The van der Waals surface area contributed by atoms with Gasteiger partial charge >= 0.3 is 5.97 Å². The molecule has 1 saturated carbocycles. The van der Waals surface area contributed by atoms with Gasteiger partial charge in [-0.2, -0.15) is 0 Å². The zero-order valence-electron chi connectivity index (χ0n) is 24.4. The van der Waals surface area contributed by atoms with Crippen LogP contribution < -0.4 is 5.32 Å². The Labute approximate surface area is 250 Å². The molecule has 1 amide bonds. The van der Waals surface area contributed by atoms with Crippen LogP contribution in [-0.4, -0.2) is 41.1 Å². The maximum absolute atomic E-state index is 13.6. The number of rotatable bonds is 9. The van der Waals surface area contributed by atoms with Gasteiger partial charge in [0.25, 0.3) is 5.91 Å². The second-order valence-corrected chi connectivity index (χ2v) is 11.4. The highest BCUT2D eigenvalue weighted by Gasteiger charge is 2.51. The van der Waals surface area contributed by atoms with Gasteiger partial charge in [0.15, 0.2) is 5.76 Å². The largest absolute Gasteiger partial charge is 0.481 e. The monoisotopic (exact) mass is 571 g/mol. The minimum atomic E-state index is -0.776. The average molecular weight is 572 g/mol. The molecule has 1 aliphatic carbocycles. The summed E-state index contributed by atoms with van der Waals surface area (Å²) >= 11 is 0. The third-order valence-electron chi connectivity index (χ3n) is 8.12. The van der Waals surface area contributed by atoms with Crippen molar-refractivity contribution in [3.63, 3.8) is 0 Å². The van der Waals surface area contributed by atoms with E-state index in [4.69, 9.17) is 4.52 Å². The van der Waals surface area contributed by atoms with Crippen LogP contribution >= 0.6 is 0 Å². The summed E-state index contributed by atoms with van der Waals surface area (Å²) in [4.78, 5) is 27.5. The van der Waals surface area contributed by atoms with E-state index in [-0.39, 0.29) is 5.91 Å². The molecule has 216 valence electrons. The van der Waals surface area contributed by atoms with Gasteiger partial charge in [-0.25, -0.2) is 0 Å². The highest BCUT2D eigenvalue weighted by Crippen LogP contribution is 2.49. The molecule has 0 spiro atoms. The third-order valence-corrected chi connectivity index (χ3v) is 8.12. The number of aryl methyl sites for hydroxylation is 1. The number of aliphatic carboxylic acids is 1. The Hall–Kier alpha value is -5.01. The summed E-state index contributed by atoms with van der Waals surface area (Å²) in [5.41, 5.74) is 7.48. The van der Waals surface area contributed by atoms with Gasteiger partial charge < -0.3 is 19.8 Å². The van der Waals surface area contributed by atoms with E-state index in [0.29, 0.717) is 35.5 Å². The number of hydrogen-bond acceptors (Lipinski definition) is 5. The molecule has 1 heterocycles. The Kier molecular flexibility index (Phi) is 7.42. The van der Waals surface area contributed by atoms with E-state index < -0.39 is 11.4 Å². The Morgan fingerprint density at radius 1 is 0.860 bits per heavy atom. The third kappa shape index (κ3) is 5.47. The molecule has 5 aromatic rings. The van der Waals surface area contributed by atoms with Crippen molar-refractivity contribution in [1.29, 1.82) is 0 Å². The van der Waals surface area contributed by atoms with Crippen LogP contribution in [0, 0.1) is 6.92 Å². The predicted molar refractivity (Wildman–Crippen MR) is 168 cm³/mol. The van der Waals surface area contributed by atoms with E-state index in [2.05, 4.69) is 27.5 Å². The van der Waals surface area contributed by atoms with Gasteiger partial charge in [0, 0.05) is 17.7 Å². The molecule has 0 radical (unpaired) electrons. The first-order valence-electron chi connectivity index (χ1n) is 14.3. The number of anilines is 1. The van der Waals surface area contributed by atoms with Crippen molar-refractivity contribution >= 4 is 17.6 Å². The highest BCUT2D eigenvalue weighted by molar-refractivity contribution is 6.07. The molecule has 0 unspecified atom stereocenters. The zero-order valence-corrected chi connectivity index (χ0v) is 24.4. The number of hydrogen-bond donors (Lipinski definition) is 2. The van der Waals surface area contributed by atoms with Gasteiger partial charge in [0.2, 0.25) is 0 Å². The minimum absolute atomic E-state index is 0.260. The van der Waals surface area contributed by atoms with Gasteiger partial charge in [-0.05, 0) is 79.4 Å². The molecule has 6 rings (SSSR count). The van der Waals surface area contributed by atoms with Crippen LogP contribution in [0.1, 0.15) is 40.0 Å². The Morgan fingerprint density at radius 3 is 2.21 bits per heavy atom. The van der Waals surface area contributed by atoms with E-state index in [0.717, 1.165) is 39.9 Å². The molecule has 43 heavy (non-hydrogen) atoms. The molecular weight excluding hydrogens is 538 g/mol. The Balaban J connectivity index is 1.30. The maximum atomic E-state index is 13.6. The van der Waals surface area contributed by atoms with Crippen LogP contribution in [0.25, 0.3) is 33.6 Å². The van der Waals surface area contributed by atoms with E-state index in [1.165, 1.54) is 5.56 Å². The van der Waals surface area contributed by atoms with E-state index >= 15 is 0 Å². The van der Waals surface area contributed by atoms with Gasteiger partial charge in [0.05, 0.1) is 5.41 Å². The number of carboxylic acids is 1.